The van der Waals surface area contributed by atoms with Crippen LogP contribution >= 0.6 is 24.0 Å². The summed E-state index contributed by atoms with van der Waals surface area (Å²) in [5.41, 5.74) is 1.03. The zero-order valence-electron chi connectivity index (χ0n) is 19.4. The smallest absolute Gasteiger partial charge is 0.269 e. The van der Waals surface area contributed by atoms with Gasteiger partial charge in [-0.15, -0.1) is 24.0 Å². The normalized spacial score (nSPS) is 12.4. The fraction of sp³-hybridized carbons (Fsp3) is 0.682. The van der Waals surface area contributed by atoms with Gasteiger partial charge >= 0.3 is 0 Å². The van der Waals surface area contributed by atoms with Gasteiger partial charge in [-0.2, -0.15) is 0 Å². The average Bonchev–Trinajstić information content (AvgIpc) is 2.75. The fourth-order valence-corrected chi connectivity index (χ4v) is 3.04. The van der Waals surface area contributed by atoms with E-state index in [2.05, 4.69) is 41.3 Å². The van der Waals surface area contributed by atoms with Gasteiger partial charge < -0.3 is 20.3 Å². The van der Waals surface area contributed by atoms with E-state index in [0.29, 0.717) is 12.6 Å². The Balaban J connectivity index is 0.00000900. The zero-order valence-corrected chi connectivity index (χ0v) is 21.8. The van der Waals surface area contributed by atoms with E-state index in [0.717, 1.165) is 70.2 Å². The van der Waals surface area contributed by atoms with E-state index in [1.165, 1.54) is 12.1 Å². The van der Waals surface area contributed by atoms with Crippen molar-refractivity contribution in [3.63, 3.8) is 0 Å². The fourth-order valence-electron chi connectivity index (χ4n) is 3.04. The maximum Gasteiger partial charge on any atom is 0.269 e. The Morgan fingerprint density at radius 1 is 1.19 bits per heavy atom. The number of ether oxygens (including phenoxy) is 1. The Kier molecular flexibility index (Phi) is 17.3. The second-order valence-corrected chi connectivity index (χ2v) is 7.28. The minimum atomic E-state index is -0.389. The zero-order chi connectivity index (χ0) is 22.2. The molecule has 0 aromatic heterocycles. The first-order valence-corrected chi connectivity index (χ1v) is 11.1. The largest absolute Gasteiger partial charge is 0.382 e. The number of halogens is 1. The summed E-state index contributed by atoms with van der Waals surface area (Å²) in [7, 11) is 0. The maximum atomic E-state index is 10.8. The molecule has 9 heteroatoms. The lowest BCUT2D eigenvalue weighted by Gasteiger charge is -2.21. The third-order valence-electron chi connectivity index (χ3n) is 4.92. The van der Waals surface area contributed by atoms with Crippen LogP contribution in [0, 0.1) is 10.1 Å². The topological polar surface area (TPSA) is 92.0 Å². The Labute approximate surface area is 204 Å². The number of nitro benzene ring substituents is 1. The number of nitrogens with zero attached hydrogens (tertiary/aromatic N) is 3. The minimum absolute atomic E-state index is 0. The lowest BCUT2D eigenvalue weighted by Crippen LogP contribution is -2.43. The molecule has 1 aromatic carbocycles. The molecular weight excluding hydrogens is 509 g/mol. The molecular formula is C22H40IN5O3. The molecule has 0 saturated heterocycles. The van der Waals surface area contributed by atoms with Crippen LogP contribution in [0.5, 0.6) is 0 Å². The van der Waals surface area contributed by atoms with Crippen molar-refractivity contribution < 1.29 is 9.66 Å². The summed E-state index contributed by atoms with van der Waals surface area (Å²) in [4.78, 5) is 17.5. The Bertz CT molecular complexity index is 624. The Hall–Kier alpha value is -1.46. The molecule has 178 valence electrons. The first-order valence-electron chi connectivity index (χ1n) is 11.1. The number of benzene rings is 1. The summed E-state index contributed by atoms with van der Waals surface area (Å²) >= 11 is 0. The van der Waals surface area contributed by atoms with Crippen LogP contribution in [-0.2, 0) is 11.3 Å². The van der Waals surface area contributed by atoms with Gasteiger partial charge in [-0.3, -0.25) is 10.1 Å². The highest BCUT2D eigenvalue weighted by molar-refractivity contribution is 14.0. The molecule has 1 rings (SSSR count). The summed E-state index contributed by atoms with van der Waals surface area (Å²) in [6.07, 6.45) is 3.10. The number of nitro groups is 1. The van der Waals surface area contributed by atoms with Crippen molar-refractivity contribution in [2.75, 3.05) is 39.4 Å². The monoisotopic (exact) mass is 549 g/mol. The lowest BCUT2D eigenvalue weighted by molar-refractivity contribution is -0.384. The molecule has 0 aliphatic rings. The molecule has 0 bridgehead atoms. The molecule has 8 nitrogen and oxygen atoms in total. The molecule has 0 spiro atoms. The third-order valence-corrected chi connectivity index (χ3v) is 4.92. The van der Waals surface area contributed by atoms with Crippen molar-refractivity contribution in [1.82, 2.24) is 15.5 Å². The number of rotatable bonds is 15. The molecule has 1 unspecified atom stereocenters. The number of hydrogen-bond donors (Lipinski definition) is 2. The molecule has 0 heterocycles. The molecule has 0 aliphatic carbocycles. The van der Waals surface area contributed by atoms with Crippen molar-refractivity contribution in [2.45, 2.75) is 59.5 Å². The predicted molar refractivity (Wildman–Crippen MR) is 138 cm³/mol. The van der Waals surface area contributed by atoms with Gasteiger partial charge in [0.1, 0.15) is 0 Å². The van der Waals surface area contributed by atoms with E-state index in [9.17, 15) is 10.1 Å². The quantitative estimate of drug-likeness (QED) is 0.0852. The number of hydrogen-bond acceptors (Lipinski definition) is 5. The van der Waals surface area contributed by atoms with Crippen LogP contribution in [-0.4, -0.2) is 61.2 Å². The third kappa shape index (κ3) is 13.5. The van der Waals surface area contributed by atoms with Crippen molar-refractivity contribution >= 4 is 35.6 Å². The van der Waals surface area contributed by atoms with Gasteiger partial charge in [-0.1, -0.05) is 26.0 Å². The van der Waals surface area contributed by atoms with Gasteiger partial charge in [0, 0.05) is 37.9 Å². The van der Waals surface area contributed by atoms with E-state index >= 15 is 0 Å². The Morgan fingerprint density at radius 2 is 1.87 bits per heavy atom. The van der Waals surface area contributed by atoms with Gasteiger partial charge in [-0.25, -0.2) is 4.99 Å². The highest BCUT2D eigenvalue weighted by atomic mass is 127. The van der Waals surface area contributed by atoms with Crippen molar-refractivity contribution in [3.05, 3.63) is 39.9 Å². The number of aliphatic imine (C=N–C) groups is 1. The highest BCUT2D eigenvalue weighted by Gasteiger charge is 2.08. The van der Waals surface area contributed by atoms with Crippen LogP contribution in [0.15, 0.2) is 29.3 Å². The van der Waals surface area contributed by atoms with Crippen LogP contribution in [0.4, 0.5) is 5.69 Å². The first-order chi connectivity index (χ1) is 14.5. The number of nitrogens with one attached hydrogen (secondary N) is 2. The second-order valence-electron chi connectivity index (χ2n) is 7.28. The Morgan fingerprint density at radius 3 is 2.45 bits per heavy atom. The molecule has 1 aromatic rings. The predicted octanol–water partition coefficient (Wildman–Crippen LogP) is 4.19. The number of non-ortho nitro benzene ring substituents is 1. The molecule has 31 heavy (non-hydrogen) atoms. The molecule has 2 N–H and O–H groups in total. The summed E-state index contributed by atoms with van der Waals surface area (Å²) in [6.45, 7) is 14.5. The SMILES string of the molecule is CCOCCCNC(=NCc1ccc([N+](=O)[O-])cc1)NC(C)CCCN(CC)CC.I. The molecule has 0 saturated carbocycles. The van der Waals surface area contributed by atoms with Crippen LogP contribution in [0.25, 0.3) is 0 Å². The molecule has 0 fully saturated rings. The summed E-state index contributed by atoms with van der Waals surface area (Å²) in [5, 5.41) is 17.7. The molecule has 0 aliphatic heterocycles. The first kappa shape index (κ1) is 29.5. The average molecular weight is 549 g/mol. The maximum absolute atomic E-state index is 10.8. The van der Waals surface area contributed by atoms with E-state index in [1.807, 2.05) is 6.92 Å². The standard InChI is InChI=1S/C22H39N5O3.HI/c1-5-26(6-2)16-8-10-19(4)25-22(23-15-9-17-30-7-3)24-18-20-11-13-21(14-12-20)27(28)29;/h11-14,19H,5-10,15-18H2,1-4H3,(H2,23,24,25);1H. The van der Waals surface area contributed by atoms with Crippen LogP contribution in [0.3, 0.4) is 0 Å². The van der Waals surface area contributed by atoms with Crippen LogP contribution in [0.2, 0.25) is 0 Å². The number of guanidine groups is 1. The van der Waals surface area contributed by atoms with Gasteiger partial charge in [0.25, 0.3) is 5.69 Å². The van der Waals surface area contributed by atoms with Crippen molar-refractivity contribution in [3.8, 4) is 0 Å². The van der Waals surface area contributed by atoms with E-state index in [1.54, 1.807) is 12.1 Å². The van der Waals surface area contributed by atoms with E-state index in [4.69, 9.17) is 4.74 Å². The molecule has 0 radical (unpaired) electrons. The van der Waals surface area contributed by atoms with Crippen molar-refractivity contribution in [1.29, 1.82) is 0 Å². The lowest BCUT2D eigenvalue weighted by atomic mass is 10.2. The molecule has 0 amide bonds. The van der Waals surface area contributed by atoms with Crippen molar-refractivity contribution in [2.24, 2.45) is 4.99 Å². The van der Waals surface area contributed by atoms with Gasteiger partial charge in [-0.05, 0) is 58.3 Å². The summed E-state index contributed by atoms with van der Waals surface area (Å²) in [5.74, 6) is 0.764. The van der Waals surface area contributed by atoms with Crippen LogP contribution in [0.1, 0.15) is 52.5 Å². The highest BCUT2D eigenvalue weighted by Crippen LogP contribution is 2.12. The van der Waals surface area contributed by atoms with Crippen LogP contribution < -0.4 is 10.6 Å². The van der Waals surface area contributed by atoms with Gasteiger partial charge in [0.2, 0.25) is 0 Å². The van der Waals surface area contributed by atoms with E-state index in [-0.39, 0.29) is 34.6 Å². The summed E-state index contributed by atoms with van der Waals surface area (Å²) < 4.78 is 5.39. The minimum Gasteiger partial charge on any atom is -0.382 e. The summed E-state index contributed by atoms with van der Waals surface area (Å²) in [6, 6.07) is 6.84. The second kappa shape index (κ2) is 18.1. The van der Waals surface area contributed by atoms with Gasteiger partial charge in [0.15, 0.2) is 5.96 Å². The van der Waals surface area contributed by atoms with E-state index < -0.39 is 0 Å². The van der Waals surface area contributed by atoms with Gasteiger partial charge in [0.05, 0.1) is 11.5 Å². The molecule has 1 atom stereocenters.